The summed E-state index contributed by atoms with van der Waals surface area (Å²) in [6.07, 6.45) is -16.9. The second kappa shape index (κ2) is 39.8. The fraction of sp³-hybridized carbons (Fsp3) is 0.407. The number of phenolic OH excluding ortho intramolecular Hbond substituents is 4. The Morgan fingerprint density at radius 3 is 1.91 bits per heavy atom. The number of rotatable bonds is 21. The molecule has 0 aromatic heterocycles. The van der Waals surface area contributed by atoms with Crippen LogP contribution in [0.4, 0.5) is 0 Å². The largest absolute Gasteiger partial charge is 0.508 e. The third-order valence-electron chi connectivity index (χ3n) is 22.3. The van der Waals surface area contributed by atoms with Gasteiger partial charge in [-0.05, 0) is 146 Å². The molecular formula is C86H96Cl2N10O28. The molecule has 0 saturated carbocycles. The zero-order valence-electron chi connectivity index (χ0n) is 68.1. The number of carbonyl (C=O) groups is 9. The quantitative estimate of drug-likeness (QED) is 0.0458. The van der Waals surface area contributed by atoms with Crippen LogP contribution in [-0.4, -0.2) is 222 Å². The van der Waals surface area contributed by atoms with Gasteiger partial charge in [0.05, 0.1) is 16.7 Å². The molecular weight excluding hydrogens is 1690 g/mol. The van der Waals surface area contributed by atoms with Crippen molar-refractivity contribution < 1.29 is 138 Å². The smallest absolute Gasteiger partial charge is 0.335 e. The van der Waals surface area contributed by atoms with Crippen LogP contribution < -0.4 is 76.9 Å². The highest BCUT2D eigenvalue weighted by atomic mass is 35.5. The number of nitrogens with one attached hydrogen (secondary N) is 10. The molecule has 672 valence electrons. The molecule has 38 nitrogen and oxygen atoms in total. The molecule has 17 bridgehead atoms. The number of likely N-dealkylation sites (N-methyl/N-ethyl adjacent to an activating group) is 1. The Morgan fingerprint density at radius 2 is 1.21 bits per heavy atom. The number of phenols is 4. The van der Waals surface area contributed by atoms with E-state index >= 15 is 28.8 Å². The standard InChI is InChI=1S/C86H96Cl2N10O28/c1-36(2)11-8-6-5-7-9-12-59(104)93-68-71(107)73(109)76(84(118)119)126-85(68)125-75-56-29-41-30-57(75)122-53-22-17-40(27-48(53)87)69(105)67-83(117)97-65(78(112)91-24-10-23-89-3)46-31-42(100)32-55(123-86-74(110)72(108)70(106)58(35-99)124-86)60(46)45-26-38(15-20-50(45)101)63(80(114)98-67)94-81(115)64(41)95-82(116)66-47-33-44(34-52(103)61(47)88)121-54-28-39(16-21-51(54)102)62(90-4)79(113)92-49(77(111)96-66)25-37-13-18-43(120-56)19-14-37/h13-22,26-34,36,49,58,62-74,76,85-86,89-90,99-103,105-110H,5-12,23-25,35H2,1-4H3,(H,91,112)(H,92,113)(H,93,104)(H,94,115)(H,95,116)(H,96,111)(H,97,117)(H,98,114)(H,118,119)/t49-,58-,62-,63+,64-,65+,66-,67+,68-,69-,70+,71-,72+,73+,74+,76-,85-,86-/m1/s1. The summed E-state index contributed by atoms with van der Waals surface area (Å²) >= 11 is 14.3. The molecule has 8 aliphatic rings. The van der Waals surface area contributed by atoms with Crippen molar-refractivity contribution >= 4 is 76.4 Å². The van der Waals surface area contributed by atoms with E-state index in [1.165, 1.54) is 49.5 Å². The number of aliphatic carboxylic acids is 1. The maximum absolute atomic E-state index is 16.8. The SMILES string of the molecule is CNCCCNC(=O)[C@H]1NC(=O)[C@H]2NC(=O)[C@@H](NC(=O)[C@@H]3NC(=O)[C@@H]4NC(=O)[C@@H](Cc5ccc(cc5)Oc5cc3cc(c5O[C@@H]3O[C@@H](C(=O)O)[C@@H](O)[C@H](O)[C@H]3NC(=O)CCCCCCCC(C)C)Oc3ccc(cc3Cl)[C@H]2O)NC(=O)[C@H](NC)c2ccc(O)c(c2)Oc2cc(O)c(Cl)c4c2)c2ccc(O)c(c2)-c2c(O[C@@H]3O[C@H](CO)[C@H](O)[C@H](O)[C@@H]3O)cc(O)cc21. The number of amides is 8. The van der Waals surface area contributed by atoms with Gasteiger partial charge in [-0.15, -0.1) is 0 Å². The number of hydrogen-bond donors (Lipinski definition) is 22. The number of aliphatic hydroxyl groups is 7. The summed E-state index contributed by atoms with van der Waals surface area (Å²) in [5.74, 6) is -17.6. The van der Waals surface area contributed by atoms with Gasteiger partial charge >= 0.3 is 5.97 Å². The third kappa shape index (κ3) is 20.3. The summed E-state index contributed by atoms with van der Waals surface area (Å²) < 4.78 is 44.4. The molecule has 2 saturated heterocycles. The summed E-state index contributed by atoms with van der Waals surface area (Å²) in [4.78, 5) is 138. The maximum Gasteiger partial charge on any atom is 0.335 e. The van der Waals surface area contributed by atoms with E-state index in [1.807, 2.05) is 0 Å². The molecule has 22 N–H and O–H groups in total. The minimum absolute atomic E-state index is 0.106. The van der Waals surface area contributed by atoms with Gasteiger partial charge in [0.1, 0.15) is 131 Å². The van der Waals surface area contributed by atoms with E-state index in [2.05, 4.69) is 67.0 Å². The van der Waals surface area contributed by atoms with Crippen LogP contribution in [0.5, 0.6) is 69.0 Å². The number of carboxylic acids is 1. The number of hydrogen-bond acceptors (Lipinski definition) is 29. The topological polar surface area (TPSA) is 581 Å². The van der Waals surface area contributed by atoms with Crippen molar-refractivity contribution in [1.29, 1.82) is 0 Å². The first-order valence-electron chi connectivity index (χ1n) is 40.6. The lowest BCUT2D eigenvalue weighted by Gasteiger charge is -2.41. The number of carboxylic acid groups (broad SMARTS) is 1. The predicted molar refractivity (Wildman–Crippen MR) is 443 cm³/mol. The molecule has 8 aliphatic heterocycles. The van der Waals surface area contributed by atoms with Gasteiger partial charge in [-0.2, -0.15) is 0 Å². The first kappa shape index (κ1) is 91.8. The second-order valence-corrected chi connectivity index (χ2v) is 32.4. The van der Waals surface area contributed by atoms with Crippen molar-refractivity contribution in [2.75, 3.05) is 33.8 Å². The van der Waals surface area contributed by atoms with Gasteiger partial charge in [-0.1, -0.05) is 99.5 Å². The fourth-order valence-corrected chi connectivity index (χ4v) is 16.1. The van der Waals surface area contributed by atoms with Crippen molar-refractivity contribution in [3.05, 3.63) is 164 Å². The fourth-order valence-electron chi connectivity index (χ4n) is 15.6. The number of halogens is 2. The Labute approximate surface area is 729 Å². The molecule has 18 atom stereocenters. The maximum atomic E-state index is 16.8. The van der Waals surface area contributed by atoms with Crippen molar-refractivity contribution in [3.63, 3.8) is 0 Å². The number of aliphatic hydroxyl groups excluding tert-OH is 7. The molecule has 0 aliphatic carbocycles. The van der Waals surface area contributed by atoms with Crippen LogP contribution in [0.15, 0.2) is 115 Å². The van der Waals surface area contributed by atoms with Crippen LogP contribution >= 0.6 is 23.2 Å². The van der Waals surface area contributed by atoms with Crippen LogP contribution in [0.25, 0.3) is 11.1 Å². The first-order valence-corrected chi connectivity index (χ1v) is 41.4. The Kier molecular flexibility index (Phi) is 29.0. The van der Waals surface area contributed by atoms with E-state index in [0.717, 1.165) is 98.5 Å². The third-order valence-corrected chi connectivity index (χ3v) is 23.0. The predicted octanol–water partition coefficient (Wildman–Crippen LogP) is 3.44. The van der Waals surface area contributed by atoms with Gasteiger partial charge in [0.2, 0.25) is 65.6 Å². The van der Waals surface area contributed by atoms with Crippen LogP contribution in [0.2, 0.25) is 10.0 Å². The average molecular weight is 1790 g/mol. The minimum atomic E-state index is -2.45. The summed E-state index contributed by atoms with van der Waals surface area (Å²) in [6.45, 7) is 3.48. The van der Waals surface area contributed by atoms with Crippen molar-refractivity contribution in [2.24, 2.45) is 5.92 Å². The molecule has 40 heteroatoms. The molecule has 0 spiro atoms. The number of aromatic hydroxyl groups is 4. The Bertz CT molecular complexity index is 5280. The van der Waals surface area contributed by atoms with Crippen LogP contribution in [0.1, 0.15) is 140 Å². The molecule has 8 amide bonds. The number of unbranched alkanes of at least 4 members (excludes halogenated alkanes) is 4. The lowest BCUT2D eigenvalue weighted by Crippen LogP contribution is -2.66. The van der Waals surface area contributed by atoms with Gasteiger partial charge in [-0.3, -0.25) is 38.4 Å². The highest BCUT2D eigenvalue weighted by Crippen LogP contribution is 2.51. The van der Waals surface area contributed by atoms with E-state index in [4.69, 9.17) is 56.4 Å². The molecule has 2 fully saturated rings. The minimum Gasteiger partial charge on any atom is -0.508 e. The summed E-state index contributed by atoms with van der Waals surface area (Å²) in [6, 6.07) is 5.62. The molecule has 0 radical (unpaired) electrons. The molecule has 7 aromatic carbocycles. The number of fused-ring (bicyclic) bond motifs is 14. The van der Waals surface area contributed by atoms with E-state index < -0.39 is 271 Å². The van der Waals surface area contributed by atoms with Crippen LogP contribution in [-0.2, 0) is 59.0 Å². The van der Waals surface area contributed by atoms with Gasteiger partial charge < -0.3 is 148 Å². The lowest BCUT2D eigenvalue weighted by atomic mass is 9.89. The average Bonchev–Trinajstić information content (AvgIpc) is 0.751. The first-order chi connectivity index (χ1) is 60.2. The van der Waals surface area contributed by atoms with Crippen molar-refractivity contribution in [2.45, 2.75) is 181 Å². The Hall–Kier alpha value is -11.9. The summed E-state index contributed by atoms with van der Waals surface area (Å²) in [7, 11) is 3.06. The lowest BCUT2D eigenvalue weighted by molar-refractivity contribution is -0.277. The summed E-state index contributed by atoms with van der Waals surface area (Å²) in [5.41, 5.74) is -2.69. The highest BCUT2D eigenvalue weighted by molar-refractivity contribution is 6.33. The van der Waals surface area contributed by atoms with Crippen LogP contribution in [0.3, 0.4) is 0 Å². The van der Waals surface area contributed by atoms with E-state index in [1.54, 1.807) is 7.05 Å². The zero-order chi connectivity index (χ0) is 90.4. The molecule has 15 rings (SSSR count). The zero-order valence-corrected chi connectivity index (χ0v) is 69.6. The summed E-state index contributed by atoms with van der Waals surface area (Å²) in [5, 5.41) is 164. The van der Waals surface area contributed by atoms with E-state index in [9.17, 15) is 75.7 Å². The molecule has 126 heavy (non-hydrogen) atoms. The number of benzene rings is 7. The Morgan fingerprint density at radius 1 is 0.548 bits per heavy atom. The van der Waals surface area contributed by atoms with E-state index in [-0.39, 0.29) is 47.8 Å². The van der Waals surface area contributed by atoms with Crippen molar-refractivity contribution in [1.82, 2.24) is 53.2 Å². The highest BCUT2D eigenvalue weighted by Gasteiger charge is 2.52. The molecule has 0 unspecified atom stereocenters. The van der Waals surface area contributed by atoms with Crippen LogP contribution in [0, 0.1) is 5.92 Å². The van der Waals surface area contributed by atoms with Crippen molar-refractivity contribution in [3.8, 4) is 80.1 Å². The number of carbonyl (C=O) groups excluding carboxylic acids is 8. The van der Waals surface area contributed by atoms with Gasteiger partial charge in [0, 0.05) is 48.2 Å². The molecule has 8 heterocycles. The molecule has 7 aromatic rings. The van der Waals surface area contributed by atoms with Gasteiger partial charge in [0.15, 0.2) is 29.1 Å². The van der Waals surface area contributed by atoms with E-state index in [0.29, 0.717) is 30.9 Å². The normalized spacial score (nSPS) is 26.0. The monoisotopic (exact) mass is 1790 g/mol. The van der Waals surface area contributed by atoms with Gasteiger partial charge in [-0.25, -0.2) is 4.79 Å². The number of ether oxygens (including phenoxy) is 7. The van der Waals surface area contributed by atoms with Gasteiger partial charge in [0.25, 0.3) is 0 Å². The second-order valence-electron chi connectivity index (χ2n) is 31.6. The Balaban J connectivity index is 1.05.